The van der Waals surface area contributed by atoms with Gasteiger partial charge in [0.25, 0.3) is 0 Å². The van der Waals surface area contributed by atoms with Gasteiger partial charge in [-0.1, -0.05) is 47.6 Å². The molecule has 0 aliphatic heterocycles. The van der Waals surface area contributed by atoms with E-state index in [1.807, 2.05) is 49.4 Å². The minimum atomic E-state index is -0.298. The number of hydrogen-bond donors (Lipinski definition) is 1. The maximum atomic E-state index is 5.87. The number of aromatic nitrogens is 2. The van der Waals surface area contributed by atoms with Crippen molar-refractivity contribution in [1.82, 2.24) is 10.1 Å². The third-order valence-electron chi connectivity index (χ3n) is 3.56. The number of benzene rings is 1. The topological polar surface area (TPSA) is 74.2 Å². The highest BCUT2D eigenvalue weighted by molar-refractivity contribution is 5.23. The summed E-state index contributed by atoms with van der Waals surface area (Å²) in [5, 5.41) is 4.10. The second-order valence-corrected chi connectivity index (χ2v) is 5.13. The van der Waals surface area contributed by atoms with E-state index in [1.165, 1.54) is 0 Å². The Kier molecular flexibility index (Phi) is 4.13. The maximum absolute atomic E-state index is 5.87. The van der Waals surface area contributed by atoms with Crippen molar-refractivity contribution in [2.24, 2.45) is 5.73 Å². The first-order valence-electron chi connectivity index (χ1n) is 7.22. The molecule has 1 aliphatic carbocycles. The van der Waals surface area contributed by atoms with Crippen molar-refractivity contribution in [2.45, 2.75) is 31.4 Å². The molecule has 1 aliphatic rings. The fraction of sp³-hybridized carbons (Fsp3) is 0.375. The van der Waals surface area contributed by atoms with Gasteiger partial charge in [-0.05, 0) is 18.9 Å². The van der Waals surface area contributed by atoms with Crippen molar-refractivity contribution in [3.8, 4) is 0 Å². The van der Waals surface area contributed by atoms with Crippen molar-refractivity contribution in [2.75, 3.05) is 6.61 Å². The lowest BCUT2D eigenvalue weighted by molar-refractivity contribution is 0.0833. The molecule has 3 unspecified atom stereocenters. The molecular formula is C16H19N3O2. The van der Waals surface area contributed by atoms with E-state index in [1.54, 1.807) is 0 Å². The van der Waals surface area contributed by atoms with Gasteiger partial charge in [0.2, 0.25) is 11.7 Å². The van der Waals surface area contributed by atoms with Gasteiger partial charge in [0.1, 0.15) is 6.10 Å². The summed E-state index contributed by atoms with van der Waals surface area (Å²) in [6.45, 7) is 2.54. The van der Waals surface area contributed by atoms with Gasteiger partial charge < -0.3 is 15.0 Å². The van der Waals surface area contributed by atoms with Crippen LogP contribution in [0.5, 0.6) is 0 Å². The lowest BCUT2D eigenvalue weighted by Gasteiger charge is -2.13. The molecule has 1 heterocycles. The fourth-order valence-corrected chi connectivity index (χ4v) is 2.53. The minimum Gasteiger partial charge on any atom is -0.366 e. The number of hydrogen-bond acceptors (Lipinski definition) is 5. The smallest absolute Gasteiger partial charge is 0.233 e. The Bertz CT molecular complexity index is 609. The number of nitrogens with two attached hydrogens (primary N) is 1. The van der Waals surface area contributed by atoms with Crippen LogP contribution in [0.3, 0.4) is 0 Å². The van der Waals surface area contributed by atoms with Crippen molar-refractivity contribution < 1.29 is 9.26 Å². The molecule has 21 heavy (non-hydrogen) atoms. The van der Waals surface area contributed by atoms with Crippen molar-refractivity contribution >= 4 is 0 Å². The molecule has 2 aromatic rings. The number of rotatable bonds is 5. The Hall–Kier alpha value is -1.98. The second-order valence-electron chi connectivity index (χ2n) is 5.13. The van der Waals surface area contributed by atoms with Gasteiger partial charge in [0, 0.05) is 12.6 Å². The third kappa shape index (κ3) is 3.04. The first-order valence-corrected chi connectivity index (χ1v) is 7.22. The van der Waals surface area contributed by atoms with Crippen LogP contribution in [0, 0.1) is 0 Å². The summed E-state index contributed by atoms with van der Waals surface area (Å²) >= 11 is 0. The Balaban J connectivity index is 1.84. The van der Waals surface area contributed by atoms with Gasteiger partial charge in [-0.25, -0.2) is 0 Å². The van der Waals surface area contributed by atoms with Crippen LogP contribution in [0.1, 0.15) is 42.6 Å². The predicted octanol–water partition coefficient (Wildman–Crippen LogP) is 2.57. The summed E-state index contributed by atoms with van der Waals surface area (Å²) in [5.74, 6) is 1.28. The molecule has 5 heteroatoms. The Morgan fingerprint density at radius 1 is 1.33 bits per heavy atom. The number of nitrogens with zero attached hydrogens (tertiary/aromatic N) is 2. The van der Waals surface area contributed by atoms with E-state index in [9.17, 15) is 0 Å². The molecule has 0 radical (unpaired) electrons. The van der Waals surface area contributed by atoms with Crippen LogP contribution in [0.25, 0.3) is 0 Å². The van der Waals surface area contributed by atoms with Crippen molar-refractivity contribution in [1.29, 1.82) is 0 Å². The SMILES string of the molecule is CCOC(c1ccccc1)c1noc(C2C=CC(N)C2)n1. The zero-order valence-electron chi connectivity index (χ0n) is 12.0. The normalized spacial score (nSPS) is 22.6. The van der Waals surface area contributed by atoms with Gasteiger partial charge in [0.15, 0.2) is 0 Å². The van der Waals surface area contributed by atoms with E-state index in [0.29, 0.717) is 18.3 Å². The summed E-state index contributed by atoms with van der Waals surface area (Å²) in [5.41, 5.74) is 6.89. The van der Waals surface area contributed by atoms with Gasteiger partial charge in [-0.2, -0.15) is 4.98 Å². The van der Waals surface area contributed by atoms with Crippen LogP contribution >= 0.6 is 0 Å². The Morgan fingerprint density at radius 3 is 2.81 bits per heavy atom. The van der Waals surface area contributed by atoms with Crippen LogP contribution < -0.4 is 5.73 Å². The molecule has 0 bridgehead atoms. The predicted molar refractivity (Wildman–Crippen MR) is 78.7 cm³/mol. The lowest BCUT2D eigenvalue weighted by atomic mass is 10.1. The van der Waals surface area contributed by atoms with Crippen LogP contribution in [-0.4, -0.2) is 22.8 Å². The summed E-state index contributed by atoms with van der Waals surface area (Å²) in [7, 11) is 0. The first kappa shape index (κ1) is 14.0. The highest BCUT2D eigenvalue weighted by atomic mass is 16.5. The van der Waals surface area contributed by atoms with E-state index in [0.717, 1.165) is 12.0 Å². The van der Waals surface area contributed by atoms with Gasteiger partial charge in [-0.3, -0.25) is 0 Å². The zero-order chi connectivity index (χ0) is 14.7. The molecule has 2 N–H and O–H groups in total. The second kappa shape index (κ2) is 6.20. The van der Waals surface area contributed by atoms with E-state index in [4.69, 9.17) is 15.0 Å². The van der Waals surface area contributed by atoms with E-state index < -0.39 is 0 Å². The molecule has 0 saturated carbocycles. The highest BCUT2D eigenvalue weighted by Crippen LogP contribution is 2.29. The van der Waals surface area contributed by atoms with E-state index >= 15 is 0 Å². The number of allylic oxidation sites excluding steroid dienone is 1. The fourth-order valence-electron chi connectivity index (χ4n) is 2.53. The molecule has 110 valence electrons. The molecule has 1 aromatic carbocycles. The highest BCUT2D eigenvalue weighted by Gasteiger charge is 2.26. The molecule has 0 spiro atoms. The molecule has 3 atom stereocenters. The standard InChI is InChI=1S/C16H19N3O2/c1-2-20-14(11-6-4-3-5-7-11)15-18-16(21-19-15)12-8-9-13(17)10-12/h3-9,12-14H,2,10,17H2,1H3. The molecule has 0 amide bonds. The lowest BCUT2D eigenvalue weighted by Crippen LogP contribution is -2.14. The molecule has 5 nitrogen and oxygen atoms in total. The van der Waals surface area contributed by atoms with Gasteiger partial charge in [0.05, 0.1) is 5.92 Å². The molecule has 3 rings (SSSR count). The summed E-state index contributed by atoms with van der Waals surface area (Å²) in [6.07, 6.45) is 4.52. The monoisotopic (exact) mass is 285 g/mol. The molecule has 0 saturated heterocycles. The third-order valence-corrected chi connectivity index (χ3v) is 3.56. The largest absolute Gasteiger partial charge is 0.366 e. The van der Waals surface area contributed by atoms with Crippen LogP contribution in [-0.2, 0) is 4.74 Å². The van der Waals surface area contributed by atoms with Crippen molar-refractivity contribution in [3.63, 3.8) is 0 Å². The molecule has 1 aromatic heterocycles. The summed E-state index contributed by atoms with van der Waals surface area (Å²) in [4.78, 5) is 4.51. The summed E-state index contributed by atoms with van der Waals surface area (Å²) in [6, 6.07) is 9.99. The zero-order valence-corrected chi connectivity index (χ0v) is 12.0. The van der Waals surface area contributed by atoms with Crippen LogP contribution in [0.2, 0.25) is 0 Å². The Morgan fingerprint density at radius 2 is 2.14 bits per heavy atom. The molecular weight excluding hydrogens is 266 g/mol. The van der Waals surface area contributed by atoms with Crippen molar-refractivity contribution in [3.05, 3.63) is 59.8 Å². The van der Waals surface area contributed by atoms with E-state index in [2.05, 4.69) is 10.1 Å². The van der Waals surface area contributed by atoms with Crippen LogP contribution in [0.15, 0.2) is 47.0 Å². The maximum Gasteiger partial charge on any atom is 0.233 e. The minimum absolute atomic E-state index is 0.0714. The number of ether oxygens (including phenoxy) is 1. The van der Waals surface area contributed by atoms with Gasteiger partial charge >= 0.3 is 0 Å². The van der Waals surface area contributed by atoms with E-state index in [-0.39, 0.29) is 18.1 Å². The quantitative estimate of drug-likeness (QED) is 0.855. The average molecular weight is 285 g/mol. The summed E-state index contributed by atoms with van der Waals surface area (Å²) < 4.78 is 11.2. The van der Waals surface area contributed by atoms with Gasteiger partial charge in [-0.15, -0.1) is 0 Å². The Labute approximate surface area is 123 Å². The van der Waals surface area contributed by atoms with Crippen LogP contribution in [0.4, 0.5) is 0 Å². The molecule has 0 fully saturated rings. The average Bonchev–Trinajstić information content (AvgIpc) is 3.14. The first-order chi connectivity index (χ1) is 10.3.